The minimum absolute atomic E-state index is 0.252. The Balaban J connectivity index is 1.99. The van der Waals surface area contributed by atoms with Gasteiger partial charge in [0, 0.05) is 6.54 Å². The molecule has 0 aliphatic rings. The normalized spacial score (nSPS) is 11.4. The molecule has 0 heterocycles. The van der Waals surface area contributed by atoms with Gasteiger partial charge in [-0.15, -0.1) is 0 Å². The lowest BCUT2D eigenvalue weighted by Gasteiger charge is -2.25. The van der Waals surface area contributed by atoms with Crippen molar-refractivity contribution in [3.63, 3.8) is 0 Å². The third-order valence-electron chi connectivity index (χ3n) is 4.69. The van der Waals surface area contributed by atoms with Crippen molar-refractivity contribution in [2.75, 3.05) is 17.5 Å². The fourth-order valence-electron chi connectivity index (χ4n) is 3.12. The van der Waals surface area contributed by atoms with E-state index in [0.717, 1.165) is 23.6 Å². The topological polar surface area (TPSA) is 63.7 Å². The van der Waals surface area contributed by atoms with Gasteiger partial charge in [-0.2, -0.15) is 0 Å². The number of nitrogens with zero attached hydrogens (tertiary/aromatic N) is 1. The molecule has 0 fully saturated rings. The molecule has 0 saturated heterocycles. The largest absolute Gasteiger partial charge is 0.462 e. The van der Waals surface area contributed by atoms with Crippen LogP contribution < -0.4 is 4.31 Å². The van der Waals surface area contributed by atoms with Gasteiger partial charge in [-0.3, -0.25) is 4.31 Å². The van der Waals surface area contributed by atoms with Gasteiger partial charge in [0.1, 0.15) is 0 Å². The van der Waals surface area contributed by atoms with E-state index in [-0.39, 0.29) is 4.90 Å². The molecule has 0 aliphatic carbocycles. The highest BCUT2D eigenvalue weighted by Crippen LogP contribution is 2.27. The van der Waals surface area contributed by atoms with Gasteiger partial charge >= 0.3 is 5.97 Å². The summed E-state index contributed by atoms with van der Waals surface area (Å²) in [6.45, 7) is 4.42. The van der Waals surface area contributed by atoms with Crippen molar-refractivity contribution in [1.82, 2.24) is 0 Å². The first-order valence-corrected chi connectivity index (χ1v) is 11.2. The highest BCUT2D eigenvalue weighted by molar-refractivity contribution is 7.92. The average molecular weight is 412 g/mol. The van der Waals surface area contributed by atoms with Gasteiger partial charge in [0.15, 0.2) is 0 Å². The first-order valence-electron chi connectivity index (χ1n) is 9.76. The summed E-state index contributed by atoms with van der Waals surface area (Å²) in [6.07, 6.45) is 1.59. The fraction of sp³-hybridized carbons (Fsp3) is 0.261. The van der Waals surface area contributed by atoms with E-state index < -0.39 is 16.0 Å². The SMILES string of the molecule is CCCCN(c1ccc(C(=O)OCC)cc1)S(=O)(=O)c1ccc2ccccc2c1. The summed E-state index contributed by atoms with van der Waals surface area (Å²) in [6, 6.07) is 19.3. The smallest absolute Gasteiger partial charge is 0.338 e. The van der Waals surface area contributed by atoms with Crippen molar-refractivity contribution in [1.29, 1.82) is 0 Å². The number of rotatable bonds is 8. The van der Waals surface area contributed by atoms with Gasteiger partial charge in [-0.05, 0) is 60.5 Å². The zero-order valence-corrected chi connectivity index (χ0v) is 17.5. The Hall–Kier alpha value is -2.86. The highest BCUT2D eigenvalue weighted by Gasteiger charge is 2.25. The van der Waals surface area contributed by atoms with Crippen molar-refractivity contribution in [2.24, 2.45) is 0 Å². The first-order chi connectivity index (χ1) is 14.0. The number of anilines is 1. The van der Waals surface area contributed by atoms with Crippen molar-refractivity contribution < 1.29 is 17.9 Å². The second-order valence-electron chi connectivity index (χ2n) is 6.71. The lowest BCUT2D eigenvalue weighted by Crippen LogP contribution is -2.32. The predicted octanol–water partition coefficient (Wildman–Crippen LogP) is 5.01. The van der Waals surface area contributed by atoms with E-state index in [1.54, 1.807) is 43.3 Å². The molecule has 5 nitrogen and oxygen atoms in total. The van der Waals surface area contributed by atoms with Crippen LogP contribution in [0.2, 0.25) is 0 Å². The van der Waals surface area contributed by atoms with Crippen LogP contribution in [-0.4, -0.2) is 27.5 Å². The van der Waals surface area contributed by atoms with Crippen LogP contribution >= 0.6 is 0 Å². The standard InChI is InChI=1S/C23H25NO4S/c1-3-5-16-24(21-13-10-19(11-14-21)23(25)28-4-2)29(26,27)22-15-12-18-8-6-7-9-20(18)17-22/h6-15,17H,3-5,16H2,1-2H3. The van der Waals surface area contributed by atoms with Crippen LogP contribution in [-0.2, 0) is 14.8 Å². The fourth-order valence-corrected chi connectivity index (χ4v) is 4.66. The van der Waals surface area contributed by atoms with Crippen LogP contribution in [0.3, 0.4) is 0 Å². The zero-order valence-electron chi connectivity index (χ0n) is 16.7. The van der Waals surface area contributed by atoms with E-state index in [1.165, 1.54) is 4.31 Å². The van der Waals surface area contributed by atoms with Gasteiger partial charge in [0.25, 0.3) is 10.0 Å². The maximum absolute atomic E-state index is 13.4. The van der Waals surface area contributed by atoms with E-state index in [4.69, 9.17) is 4.74 Å². The monoisotopic (exact) mass is 411 g/mol. The molecule has 29 heavy (non-hydrogen) atoms. The Bertz CT molecular complexity index is 1090. The predicted molar refractivity (Wildman–Crippen MR) is 116 cm³/mol. The molecule has 0 spiro atoms. The van der Waals surface area contributed by atoms with E-state index >= 15 is 0 Å². The second-order valence-corrected chi connectivity index (χ2v) is 8.57. The van der Waals surface area contributed by atoms with E-state index in [9.17, 15) is 13.2 Å². The molecule has 3 aromatic rings. The number of hydrogen-bond donors (Lipinski definition) is 0. The number of hydrogen-bond acceptors (Lipinski definition) is 4. The number of sulfonamides is 1. The zero-order chi connectivity index (χ0) is 20.9. The molecule has 6 heteroatoms. The summed E-state index contributed by atoms with van der Waals surface area (Å²) in [5.41, 5.74) is 0.925. The molecule has 0 aromatic heterocycles. The lowest BCUT2D eigenvalue weighted by atomic mass is 10.1. The van der Waals surface area contributed by atoms with Crippen molar-refractivity contribution in [3.8, 4) is 0 Å². The lowest BCUT2D eigenvalue weighted by molar-refractivity contribution is 0.0526. The Kier molecular flexibility index (Phi) is 6.54. The summed E-state index contributed by atoms with van der Waals surface area (Å²) >= 11 is 0. The Morgan fingerprint density at radius 1 is 0.931 bits per heavy atom. The average Bonchev–Trinajstić information content (AvgIpc) is 2.74. The molecule has 0 saturated carbocycles. The van der Waals surface area contributed by atoms with Crippen LogP contribution in [0.1, 0.15) is 37.0 Å². The number of esters is 1. The number of unbranched alkanes of at least 4 members (excludes halogenated alkanes) is 1. The molecular formula is C23H25NO4S. The van der Waals surface area contributed by atoms with Gasteiger partial charge in [-0.1, -0.05) is 43.7 Å². The van der Waals surface area contributed by atoms with Gasteiger partial charge in [0.2, 0.25) is 0 Å². The van der Waals surface area contributed by atoms with E-state index in [2.05, 4.69) is 0 Å². The summed E-state index contributed by atoms with van der Waals surface area (Å²) in [7, 11) is -3.74. The minimum Gasteiger partial charge on any atom is -0.462 e. The molecular weight excluding hydrogens is 386 g/mol. The minimum atomic E-state index is -3.74. The summed E-state index contributed by atoms with van der Waals surface area (Å²) in [5.74, 6) is -0.420. The van der Waals surface area contributed by atoms with Crippen LogP contribution in [0.5, 0.6) is 0 Å². The molecule has 0 bridgehead atoms. The maximum atomic E-state index is 13.4. The highest BCUT2D eigenvalue weighted by atomic mass is 32.2. The Morgan fingerprint density at radius 3 is 2.28 bits per heavy atom. The molecule has 152 valence electrons. The van der Waals surface area contributed by atoms with Crippen molar-refractivity contribution >= 4 is 32.5 Å². The van der Waals surface area contributed by atoms with Crippen LogP contribution in [0.25, 0.3) is 10.8 Å². The molecule has 3 rings (SSSR count). The van der Waals surface area contributed by atoms with Gasteiger partial charge in [-0.25, -0.2) is 13.2 Å². The Morgan fingerprint density at radius 2 is 1.62 bits per heavy atom. The third kappa shape index (κ3) is 4.59. The summed E-state index contributed by atoms with van der Waals surface area (Å²) in [4.78, 5) is 12.1. The number of fused-ring (bicyclic) bond motifs is 1. The number of ether oxygens (including phenoxy) is 1. The molecule has 0 N–H and O–H groups in total. The molecule has 0 unspecified atom stereocenters. The van der Waals surface area contributed by atoms with Crippen molar-refractivity contribution in [2.45, 2.75) is 31.6 Å². The maximum Gasteiger partial charge on any atom is 0.338 e. The number of carbonyl (C=O) groups excluding carboxylic acids is 1. The first kappa shape index (κ1) is 20.9. The van der Waals surface area contributed by atoms with Crippen LogP contribution in [0, 0.1) is 0 Å². The number of benzene rings is 3. The second kappa shape index (κ2) is 9.09. The molecule has 0 amide bonds. The summed E-state index contributed by atoms with van der Waals surface area (Å²) < 4.78 is 33.3. The van der Waals surface area contributed by atoms with Gasteiger partial charge < -0.3 is 4.74 Å². The quantitative estimate of drug-likeness (QED) is 0.489. The van der Waals surface area contributed by atoms with Crippen LogP contribution in [0.4, 0.5) is 5.69 Å². The van der Waals surface area contributed by atoms with Gasteiger partial charge in [0.05, 0.1) is 22.8 Å². The van der Waals surface area contributed by atoms with E-state index in [0.29, 0.717) is 24.4 Å². The van der Waals surface area contributed by atoms with Crippen molar-refractivity contribution in [3.05, 3.63) is 72.3 Å². The van der Waals surface area contributed by atoms with Crippen LogP contribution in [0.15, 0.2) is 71.6 Å². The molecule has 3 aromatic carbocycles. The molecule has 0 radical (unpaired) electrons. The number of carbonyl (C=O) groups is 1. The summed E-state index contributed by atoms with van der Waals surface area (Å²) in [5, 5.41) is 1.87. The van der Waals surface area contributed by atoms with E-state index in [1.807, 2.05) is 37.3 Å². The Labute approximate surface area is 172 Å². The molecule has 0 atom stereocenters. The molecule has 0 aliphatic heterocycles. The third-order valence-corrected chi connectivity index (χ3v) is 6.51.